The fourth-order valence-corrected chi connectivity index (χ4v) is 2.97. The lowest BCUT2D eigenvalue weighted by atomic mass is 9.98. The first kappa shape index (κ1) is 21.1. The van der Waals surface area contributed by atoms with Crippen LogP contribution >= 0.6 is 0 Å². The summed E-state index contributed by atoms with van der Waals surface area (Å²) in [5, 5.41) is 8.57. The molecule has 0 spiro atoms. The molecule has 3 N–H and O–H groups in total. The SMILES string of the molecule is O=C(O)NNC(=O)Cc1ccc[n+](C(c2ccccc2)c2ccccc2)c1.[Br-]. The second-order valence-corrected chi connectivity index (χ2v) is 6.04. The molecule has 6 nitrogen and oxygen atoms in total. The zero-order chi connectivity index (χ0) is 19.1. The summed E-state index contributed by atoms with van der Waals surface area (Å²) in [4.78, 5) is 22.4. The van der Waals surface area contributed by atoms with Gasteiger partial charge in [-0.1, -0.05) is 60.7 Å². The molecule has 2 aromatic carbocycles. The van der Waals surface area contributed by atoms with Crippen LogP contribution in [0.25, 0.3) is 0 Å². The molecule has 0 fully saturated rings. The number of hydrazine groups is 1. The zero-order valence-electron chi connectivity index (χ0n) is 15.0. The first-order chi connectivity index (χ1) is 13.1. The topological polar surface area (TPSA) is 82.3 Å². The van der Waals surface area contributed by atoms with Crippen LogP contribution in [0.3, 0.4) is 0 Å². The zero-order valence-corrected chi connectivity index (χ0v) is 16.5. The number of nitrogens with one attached hydrogen (secondary N) is 2. The van der Waals surface area contributed by atoms with E-state index in [1.54, 1.807) is 0 Å². The number of amides is 2. The summed E-state index contributed by atoms with van der Waals surface area (Å²) in [6.45, 7) is 0. The molecule has 7 heteroatoms. The monoisotopic (exact) mass is 441 g/mol. The lowest BCUT2D eigenvalue weighted by Crippen LogP contribution is -3.00. The highest BCUT2D eigenvalue weighted by Gasteiger charge is 2.23. The van der Waals surface area contributed by atoms with Crippen LogP contribution in [0.4, 0.5) is 4.79 Å². The van der Waals surface area contributed by atoms with Crippen LogP contribution in [0.2, 0.25) is 0 Å². The standard InChI is InChI=1S/C21H19N3O3.BrH/c25-19(22-23-21(26)27)14-16-8-7-13-24(15-16)20(17-9-3-1-4-10-17)18-11-5-2-6-12-18;/h1-13,15,20,23H,14H2,(H-,22,25,26,27);1H. The minimum Gasteiger partial charge on any atom is -1.00 e. The van der Waals surface area contributed by atoms with Gasteiger partial charge in [0.15, 0.2) is 12.4 Å². The number of carbonyl (C=O) groups excluding carboxylic acids is 1. The number of benzene rings is 2. The molecule has 0 aliphatic rings. The summed E-state index contributed by atoms with van der Waals surface area (Å²) < 4.78 is 2.05. The molecule has 28 heavy (non-hydrogen) atoms. The Labute approximate surface area is 173 Å². The van der Waals surface area contributed by atoms with Crippen LogP contribution in [-0.4, -0.2) is 17.1 Å². The van der Waals surface area contributed by atoms with Gasteiger partial charge in [-0.25, -0.2) is 10.2 Å². The second kappa shape index (κ2) is 10.2. The molecule has 2 amide bonds. The van der Waals surface area contributed by atoms with Gasteiger partial charge >= 0.3 is 6.09 Å². The maximum absolute atomic E-state index is 11.9. The van der Waals surface area contributed by atoms with E-state index >= 15 is 0 Å². The van der Waals surface area contributed by atoms with Crippen LogP contribution < -0.4 is 32.4 Å². The average molecular weight is 442 g/mol. The molecule has 1 aromatic heterocycles. The predicted octanol–water partition coefficient (Wildman–Crippen LogP) is -0.543. The van der Waals surface area contributed by atoms with Gasteiger partial charge in [-0.15, -0.1) is 0 Å². The van der Waals surface area contributed by atoms with E-state index in [1.165, 1.54) is 0 Å². The molecule has 0 saturated heterocycles. The Morgan fingerprint density at radius 1 is 0.857 bits per heavy atom. The van der Waals surface area contributed by atoms with E-state index in [-0.39, 0.29) is 29.4 Å². The van der Waals surface area contributed by atoms with Gasteiger partial charge in [-0.05, 0) is 6.07 Å². The molecule has 0 unspecified atom stereocenters. The van der Waals surface area contributed by atoms with Crippen molar-refractivity contribution in [3.63, 3.8) is 0 Å². The lowest BCUT2D eigenvalue weighted by Gasteiger charge is -2.14. The quantitative estimate of drug-likeness (QED) is 0.367. The van der Waals surface area contributed by atoms with Crippen molar-refractivity contribution in [1.82, 2.24) is 10.9 Å². The number of aromatic nitrogens is 1. The highest BCUT2D eigenvalue weighted by Crippen LogP contribution is 2.21. The van der Waals surface area contributed by atoms with Gasteiger partial charge in [0.05, 0.1) is 6.42 Å². The van der Waals surface area contributed by atoms with Crippen molar-refractivity contribution in [2.24, 2.45) is 0 Å². The summed E-state index contributed by atoms with van der Waals surface area (Å²) in [7, 11) is 0. The van der Waals surface area contributed by atoms with Crippen LogP contribution in [0.15, 0.2) is 85.2 Å². The molecule has 0 aliphatic heterocycles. The molecular formula is C21H20BrN3O3. The van der Waals surface area contributed by atoms with Crippen molar-refractivity contribution in [2.75, 3.05) is 0 Å². The van der Waals surface area contributed by atoms with E-state index in [1.807, 2.05) is 66.4 Å². The number of halogens is 1. The molecule has 3 rings (SSSR count). The molecule has 3 aromatic rings. The summed E-state index contributed by atoms with van der Waals surface area (Å²) in [6, 6.07) is 23.9. The predicted molar refractivity (Wildman–Crippen MR) is 99.8 cm³/mol. The van der Waals surface area contributed by atoms with Gasteiger partial charge in [0.25, 0.3) is 0 Å². The third-order valence-electron chi connectivity index (χ3n) is 4.09. The van der Waals surface area contributed by atoms with Gasteiger partial charge in [0.2, 0.25) is 11.9 Å². The Morgan fingerprint density at radius 3 is 1.96 bits per heavy atom. The number of carbonyl (C=O) groups is 2. The van der Waals surface area contributed by atoms with Gasteiger partial charge < -0.3 is 22.1 Å². The second-order valence-electron chi connectivity index (χ2n) is 6.04. The van der Waals surface area contributed by atoms with E-state index in [4.69, 9.17) is 5.11 Å². The first-order valence-corrected chi connectivity index (χ1v) is 8.51. The van der Waals surface area contributed by atoms with E-state index in [0.29, 0.717) is 0 Å². The molecule has 0 radical (unpaired) electrons. The highest BCUT2D eigenvalue weighted by molar-refractivity contribution is 5.80. The fourth-order valence-electron chi connectivity index (χ4n) is 2.97. The maximum atomic E-state index is 11.9. The first-order valence-electron chi connectivity index (χ1n) is 8.51. The molecular weight excluding hydrogens is 422 g/mol. The van der Waals surface area contributed by atoms with Crippen LogP contribution in [0.5, 0.6) is 0 Å². The Kier molecular flexibility index (Phi) is 7.71. The summed E-state index contributed by atoms with van der Waals surface area (Å²) in [5.41, 5.74) is 7.04. The van der Waals surface area contributed by atoms with Crippen molar-refractivity contribution >= 4 is 12.0 Å². The van der Waals surface area contributed by atoms with Crippen LogP contribution in [0, 0.1) is 0 Å². The Bertz CT molecular complexity index is 881. The summed E-state index contributed by atoms with van der Waals surface area (Å²) in [6.07, 6.45) is 2.63. The number of hydrogen-bond donors (Lipinski definition) is 3. The van der Waals surface area contributed by atoms with Crippen molar-refractivity contribution < 1.29 is 36.2 Å². The van der Waals surface area contributed by atoms with Crippen molar-refractivity contribution in [2.45, 2.75) is 12.5 Å². The van der Waals surface area contributed by atoms with Crippen molar-refractivity contribution in [3.05, 3.63) is 102 Å². The average Bonchev–Trinajstić information content (AvgIpc) is 2.69. The summed E-state index contributed by atoms with van der Waals surface area (Å²) in [5.74, 6) is -0.425. The Morgan fingerprint density at radius 2 is 1.43 bits per heavy atom. The lowest BCUT2D eigenvalue weighted by molar-refractivity contribution is -0.705. The molecule has 0 bridgehead atoms. The maximum Gasteiger partial charge on any atom is 0.423 e. The normalized spacial score (nSPS) is 10.0. The largest absolute Gasteiger partial charge is 1.00 e. The van der Waals surface area contributed by atoms with E-state index < -0.39 is 12.0 Å². The molecule has 1 heterocycles. The van der Waals surface area contributed by atoms with E-state index in [9.17, 15) is 9.59 Å². The number of carboxylic acid groups (broad SMARTS) is 1. The third-order valence-corrected chi connectivity index (χ3v) is 4.09. The van der Waals surface area contributed by atoms with Crippen molar-refractivity contribution in [1.29, 1.82) is 0 Å². The number of pyridine rings is 1. The van der Waals surface area contributed by atoms with E-state index in [2.05, 4.69) is 34.3 Å². The van der Waals surface area contributed by atoms with Crippen LogP contribution in [-0.2, 0) is 11.2 Å². The van der Waals surface area contributed by atoms with Crippen LogP contribution in [0.1, 0.15) is 22.7 Å². The van der Waals surface area contributed by atoms with Crippen molar-refractivity contribution in [3.8, 4) is 0 Å². The van der Waals surface area contributed by atoms with Gasteiger partial charge in [-0.2, -0.15) is 4.57 Å². The molecule has 0 aliphatic carbocycles. The van der Waals surface area contributed by atoms with Gasteiger partial charge in [0.1, 0.15) is 0 Å². The summed E-state index contributed by atoms with van der Waals surface area (Å²) >= 11 is 0. The number of nitrogens with zero attached hydrogens (tertiary/aromatic N) is 1. The van der Waals surface area contributed by atoms with Gasteiger partial charge in [-0.3, -0.25) is 10.2 Å². The smallest absolute Gasteiger partial charge is 0.423 e. The minimum atomic E-state index is -1.31. The van der Waals surface area contributed by atoms with E-state index in [0.717, 1.165) is 16.7 Å². The third kappa shape index (κ3) is 5.65. The number of rotatable bonds is 5. The fraction of sp³-hybridized carbons (Fsp3) is 0.0952. The molecule has 144 valence electrons. The Balaban J connectivity index is 0.00000280. The molecule has 0 atom stereocenters. The highest BCUT2D eigenvalue weighted by atomic mass is 79.9. The Hall–Kier alpha value is -3.19. The van der Waals surface area contributed by atoms with Gasteiger partial charge in [0, 0.05) is 22.8 Å². The minimum absolute atomic E-state index is 0. The number of hydrogen-bond acceptors (Lipinski definition) is 2. The molecule has 0 saturated carbocycles.